The van der Waals surface area contributed by atoms with Crippen LogP contribution in [0.25, 0.3) is 0 Å². The molecule has 2 fully saturated rings. The van der Waals surface area contributed by atoms with Gasteiger partial charge in [0.15, 0.2) is 0 Å². The van der Waals surface area contributed by atoms with Crippen molar-refractivity contribution in [3.63, 3.8) is 0 Å². The predicted molar refractivity (Wildman–Crippen MR) is 82.0 cm³/mol. The van der Waals surface area contributed by atoms with E-state index in [2.05, 4.69) is 0 Å². The molecule has 0 aromatic heterocycles. The third-order valence-corrected chi connectivity index (χ3v) is 5.43. The van der Waals surface area contributed by atoms with Crippen molar-refractivity contribution in [1.82, 2.24) is 4.90 Å². The van der Waals surface area contributed by atoms with Gasteiger partial charge in [0.2, 0.25) is 5.91 Å². The fraction of sp³-hybridized carbons (Fsp3) is 0.882. The van der Waals surface area contributed by atoms with Crippen LogP contribution >= 0.6 is 0 Å². The van der Waals surface area contributed by atoms with Crippen LogP contribution in [0, 0.1) is 5.41 Å². The zero-order valence-corrected chi connectivity index (χ0v) is 13.3. The normalized spacial score (nSPS) is 22.7. The lowest BCUT2D eigenvalue weighted by Gasteiger charge is -2.38. The van der Waals surface area contributed by atoms with Crippen LogP contribution in [0.1, 0.15) is 77.6 Å². The maximum atomic E-state index is 12.7. The van der Waals surface area contributed by atoms with Crippen LogP contribution in [0.4, 0.5) is 0 Å². The number of carbonyl (C=O) groups excluding carboxylic acids is 1. The van der Waals surface area contributed by atoms with Gasteiger partial charge >= 0.3 is 5.97 Å². The summed E-state index contributed by atoms with van der Waals surface area (Å²) in [6, 6.07) is 0.339. The number of aliphatic carboxylic acids is 1. The van der Waals surface area contributed by atoms with E-state index < -0.39 is 11.4 Å². The summed E-state index contributed by atoms with van der Waals surface area (Å²) < 4.78 is 0. The van der Waals surface area contributed by atoms with Gasteiger partial charge in [-0.15, -0.1) is 0 Å². The number of nitrogens with zero attached hydrogens (tertiary/aromatic N) is 1. The number of hydrogen-bond donors (Lipinski definition) is 1. The first-order chi connectivity index (χ1) is 10.1. The second-order valence-electron chi connectivity index (χ2n) is 6.79. The van der Waals surface area contributed by atoms with E-state index in [1.165, 1.54) is 19.3 Å². The summed E-state index contributed by atoms with van der Waals surface area (Å²) >= 11 is 0. The molecule has 0 heterocycles. The lowest BCUT2D eigenvalue weighted by molar-refractivity contribution is -0.156. The van der Waals surface area contributed by atoms with Crippen molar-refractivity contribution in [2.45, 2.75) is 83.6 Å². The summed E-state index contributed by atoms with van der Waals surface area (Å²) in [7, 11) is 0. The van der Waals surface area contributed by atoms with Crippen molar-refractivity contribution < 1.29 is 14.7 Å². The van der Waals surface area contributed by atoms with Crippen molar-refractivity contribution in [3.8, 4) is 0 Å². The van der Waals surface area contributed by atoms with Gasteiger partial charge in [0, 0.05) is 19.0 Å². The van der Waals surface area contributed by atoms with Crippen molar-refractivity contribution in [3.05, 3.63) is 0 Å². The first kappa shape index (κ1) is 16.3. The minimum Gasteiger partial charge on any atom is -0.481 e. The van der Waals surface area contributed by atoms with Crippen molar-refractivity contribution >= 4 is 11.9 Å². The standard InChI is InChI=1S/C17H29NO3/c1-2-18(14-9-5-3-6-10-14)15(19)13-17(16(20)21)11-7-4-8-12-17/h14H,2-13H2,1H3,(H,20,21). The van der Waals surface area contributed by atoms with E-state index in [0.29, 0.717) is 25.4 Å². The van der Waals surface area contributed by atoms with Crippen LogP contribution in [-0.2, 0) is 9.59 Å². The smallest absolute Gasteiger partial charge is 0.310 e. The second-order valence-corrected chi connectivity index (χ2v) is 6.79. The van der Waals surface area contributed by atoms with Gasteiger partial charge in [-0.1, -0.05) is 38.5 Å². The molecular weight excluding hydrogens is 266 g/mol. The van der Waals surface area contributed by atoms with E-state index in [4.69, 9.17) is 0 Å². The maximum Gasteiger partial charge on any atom is 0.310 e. The van der Waals surface area contributed by atoms with Crippen LogP contribution in [0.5, 0.6) is 0 Å². The second kappa shape index (κ2) is 7.28. The number of amides is 1. The molecule has 0 saturated heterocycles. The molecule has 0 aromatic rings. The third-order valence-electron chi connectivity index (χ3n) is 5.43. The van der Waals surface area contributed by atoms with Gasteiger partial charge < -0.3 is 10.0 Å². The Morgan fingerprint density at radius 2 is 1.62 bits per heavy atom. The van der Waals surface area contributed by atoms with E-state index >= 15 is 0 Å². The Morgan fingerprint density at radius 1 is 1.05 bits per heavy atom. The number of carboxylic acids is 1. The molecule has 0 bridgehead atoms. The number of carbonyl (C=O) groups is 2. The zero-order chi connectivity index (χ0) is 15.3. The first-order valence-electron chi connectivity index (χ1n) is 8.62. The van der Waals surface area contributed by atoms with Gasteiger partial charge in [0.05, 0.1) is 5.41 Å². The fourth-order valence-corrected chi connectivity index (χ4v) is 4.12. The summed E-state index contributed by atoms with van der Waals surface area (Å²) in [5, 5.41) is 9.63. The molecule has 2 aliphatic rings. The number of rotatable bonds is 5. The minimum atomic E-state index is -0.794. The summed E-state index contributed by atoms with van der Waals surface area (Å²) in [4.78, 5) is 26.4. The minimum absolute atomic E-state index is 0.0636. The monoisotopic (exact) mass is 295 g/mol. The van der Waals surface area contributed by atoms with Crippen LogP contribution in [0.3, 0.4) is 0 Å². The van der Waals surface area contributed by atoms with E-state index in [1.807, 2.05) is 11.8 Å². The molecule has 0 aliphatic heterocycles. The Bertz CT molecular complexity index is 368. The average Bonchev–Trinajstić information content (AvgIpc) is 2.50. The van der Waals surface area contributed by atoms with Gasteiger partial charge in [0.25, 0.3) is 0 Å². The lowest BCUT2D eigenvalue weighted by Crippen LogP contribution is -2.45. The molecule has 4 nitrogen and oxygen atoms in total. The molecule has 21 heavy (non-hydrogen) atoms. The molecule has 2 saturated carbocycles. The Labute approximate surface area is 127 Å². The first-order valence-corrected chi connectivity index (χ1v) is 8.62. The van der Waals surface area contributed by atoms with Crippen molar-refractivity contribution in [2.24, 2.45) is 5.41 Å². The van der Waals surface area contributed by atoms with Gasteiger partial charge in [-0.3, -0.25) is 9.59 Å². The van der Waals surface area contributed by atoms with Crippen molar-refractivity contribution in [2.75, 3.05) is 6.54 Å². The van der Waals surface area contributed by atoms with E-state index in [1.54, 1.807) is 0 Å². The summed E-state index contributed by atoms with van der Waals surface area (Å²) in [6.45, 7) is 2.72. The van der Waals surface area contributed by atoms with E-state index in [-0.39, 0.29) is 12.3 Å². The molecule has 4 heteroatoms. The molecule has 0 unspecified atom stereocenters. The molecule has 0 spiro atoms. The van der Waals surface area contributed by atoms with Crippen molar-refractivity contribution in [1.29, 1.82) is 0 Å². The highest BCUT2D eigenvalue weighted by Crippen LogP contribution is 2.40. The van der Waals surface area contributed by atoms with Gasteiger partial charge in [-0.25, -0.2) is 0 Å². The fourth-order valence-electron chi connectivity index (χ4n) is 4.12. The molecule has 2 aliphatic carbocycles. The highest BCUT2D eigenvalue weighted by molar-refractivity contribution is 5.85. The molecule has 0 aromatic carbocycles. The maximum absolute atomic E-state index is 12.7. The molecule has 1 amide bonds. The SMILES string of the molecule is CCN(C(=O)CC1(C(=O)O)CCCCC1)C1CCCCC1. The van der Waals surface area contributed by atoms with E-state index in [0.717, 1.165) is 32.1 Å². The topological polar surface area (TPSA) is 57.6 Å². The van der Waals surface area contributed by atoms with Crippen LogP contribution in [-0.4, -0.2) is 34.5 Å². The molecule has 2 rings (SSSR count). The van der Waals surface area contributed by atoms with Gasteiger partial charge in [0.1, 0.15) is 0 Å². The lowest BCUT2D eigenvalue weighted by atomic mass is 9.71. The predicted octanol–water partition coefficient (Wildman–Crippen LogP) is 3.59. The van der Waals surface area contributed by atoms with E-state index in [9.17, 15) is 14.7 Å². The molecule has 1 N–H and O–H groups in total. The highest BCUT2D eigenvalue weighted by Gasteiger charge is 2.42. The van der Waals surface area contributed by atoms with Gasteiger partial charge in [-0.2, -0.15) is 0 Å². The Morgan fingerprint density at radius 3 is 2.14 bits per heavy atom. The molecule has 0 atom stereocenters. The Hall–Kier alpha value is -1.06. The molecular formula is C17H29NO3. The largest absolute Gasteiger partial charge is 0.481 e. The average molecular weight is 295 g/mol. The van der Waals surface area contributed by atoms with Gasteiger partial charge in [-0.05, 0) is 32.6 Å². The molecule has 120 valence electrons. The summed E-state index contributed by atoms with van der Waals surface area (Å²) in [5.41, 5.74) is -0.794. The number of carboxylic acid groups (broad SMARTS) is 1. The Kier molecular flexibility index (Phi) is 5.65. The van der Waals surface area contributed by atoms with Crippen LogP contribution < -0.4 is 0 Å². The summed E-state index contributed by atoms with van der Waals surface area (Å²) in [6.07, 6.45) is 10.3. The Balaban J connectivity index is 2.04. The van der Waals surface area contributed by atoms with Crippen LogP contribution in [0.2, 0.25) is 0 Å². The zero-order valence-electron chi connectivity index (χ0n) is 13.3. The molecule has 0 radical (unpaired) electrons. The number of hydrogen-bond acceptors (Lipinski definition) is 2. The van der Waals surface area contributed by atoms with Crippen LogP contribution in [0.15, 0.2) is 0 Å². The quantitative estimate of drug-likeness (QED) is 0.843. The third kappa shape index (κ3) is 3.78. The summed E-state index contributed by atoms with van der Waals surface area (Å²) in [5.74, 6) is -0.705. The highest BCUT2D eigenvalue weighted by atomic mass is 16.4.